The zero-order chi connectivity index (χ0) is 9.26. The lowest BCUT2D eigenvalue weighted by molar-refractivity contribution is 1.06. The molecule has 0 spiro atoms. The molecule has 13 heavy (non-hydrogen) atoms. The van der Waals surface area contributed by atoms with Crippen LogP contribution < -0.4 is 0 Å². The van der Waals surface area contributed by atoms with Crippen molar-refractivity contribution < 1.29 is 0 Å². The van der Waals surface area contributed by atoms with E-state index in [1.54, 1.807) is 0 Å². The number of aromatic nitrogens is 1. The number of hydrogen-bond donors (Lipinski definition) is 0. The van der Waals surface area contributed by atoms with Crippen LogP contribution in [0.5, 0.6) is 0 Å². The van der Waals surface area contributed by atoms with E-state index in [4.69, 9.17) is 0 Å². The van der Waals surface area contributed by atoms with Crippen molar-refractivity contribution >= 4 is 31.9 Å². The highest BCUT2D eigenvalue weighted by atomic mass is 79.9. The van der Waals surface area contributed by atoms with Gasteiger partial charge in [0.15, 0.2) is 0 Å². The Bertz CT molecular complexity index is 387. The van der Waals surface area contributed by atoms with E-state index in [0.29, 0.717) is 0 Å². The van der Waals surface area contributed by atoms with Gasteiger partial charge in [0.25, 0.3) is 0 Å². The molecular formula is C10H6Br2N. The third-order valence-electron chi connectivity index (χ3n) is 1.74. The number of nitrogens with zero attached hydrogens (tertiary/aromatic N) is 1. The van der Waals surface area contributed by atoms with Gasteiger partial charge in [-0.15, -0.1) is 0 Å². The van der Waals surface area contributed by atoms with Crippen molar-refractivity contribution in [3.63, 3.8) is 0 Å². The molecule has 0 bridgehead atoms. The fraction of sp³-hybridized carbons (Fsp3) is 0. The van der Waals surface area contributed by atoms with Crippen LogP contribution in [-0.4, -0.2) is 4.57 Å². The standard InChI is InChI=1S/C10H6Br2N/c11-8-4-3-5-9(12)10(8)13-6-1-2-7-13/h1-2,4-7H. The van der Waals surface area contributed by atoms with Crippen LogP contribution in [0.15, 0.2) is 45.6 Å². The summed E-state index contributed by atoms with van der Waals surface area (Å²) >= 11 is 6.97. The highest BCUT2D eigenvalue weighted by molar-refractivity contribution is 9.11. The quantitative estimate of drug-likeness (QED) is 0.755. The van der Waals surface area contributed by atoms with Crippen molar-refractivity contribution in [3.05, 3.63) is 51.7 Å². The monoisotopic (exact) mass is 298 g/mol. The van der Waals surface area contributed by atoms with Crippen molar-refractivity contribution in [2.45, 2.75) is 0 Å². The van der Waals surface area contributed by atoms with Crippen molar-refractivity contribution in [2.24, 2.45) is 0 Å². The highest BCUT2D eigenvalue weighted by Gasteiger charge is 2.04. The highest BCUT2D eigenvalue weighted by Crippen LogP contribution is 2.28. The minimum Gasteiger partial charge on any atom is -0.322 e. The predicted octanol–water partition coefficient (Wildman–Crippen LogP) is 3.80. The molecule has 0 saturated heterocycles. The van der Waals surface area contributed by atoms with E-state index >= 15 is 0 Å². The molecule has 0 unspecified atom stereocenters. The largest absolute Gasteiger partial charge is 0.322 e. The van der Waals surface area contributed by atoms with E-state index < -0.39 is 0 Å². The Morgan fingerprint density at radius 3 is 2.08 bits per heavy atom. The van der Waals surface area contributed by atoms with Gasteiger partial charge in [0.1, 0.15) is 0 Å². The molecule has 1 heterocycles. The Morgan fingerprint density at radius 1 is 1.00 bits per heavy atom. The van der Waals surface area contributed by atoms with Crippen molar-refractivity contribution in [1.82, 2.24) is 4.57 Å². The maximum absolute atomic E-state index is 3.49. The van der Waals surface area contributed by atoms with Gasteiger partial charge in [-0.2, -0.15) is 0 Å². The number of halogens is 2. The van der Waals surface area contributed by atoms with Crippen LogP contribution >= 0.6 is 31.9 Å². The smallest absolute Gasteiger partial charge is 0.0736 e. The average Bonchev–Trinajstić information content (AvgIpc) is 2.57. The van der Waals surface area contributed by atoms with Gasteiger partial charge in [-0.25, -0.2) is 0 Å². The summed E-state index contributed by atoms with van der Waals surface area (Å²) in [6, 6.07) is 10.8. The zero-order valence-electron chi connectivity index (χ0n) is 6.67. The van der Waals surface area contributed by atoms with Crippen LogP contribution in [0.4, 0.5) is 0 Å². The first kappa shape index (κ1) is 9.03. The Balaban J connectivity index is 2.64. The first-order chi connectivity index (χ1) is 6.29. The van der Waals surface area contributed by atoms with Crippen LogP contribution in [0.1, 0.15) is 0 Å². The minimum atomic E-state index is 1.03. The van der Waals surface area contributed by atoms with Gasteiger partial charge in [0.2, 0.25) is 0 Å². The number of rotatable bonds is 1. The Morgan fingerprint density at radius 2 is 1.54 bits per heavy atom. The zero-order valence-corrected chi connectivity index (χ0v) is 9.84. The van der Waals surface area contributed by atoms with Gasteiger partial charge in [0.05, 0.1) is 5.69 Å². The van der Waals surface area contributed by atoms with Crippen LogP contribution in [0.3, 0.4) is 0 Å². The van der Waals surface area contributed by atoms with Gasteiger partial charge in [-0.3, -0.25) is 0 Å². The summed E-state index contributed by atoms with van der Waals surface area (Å²) in [5.41, 5.74) is 1.10. The summed E-state index contributed by atoms with van der Waals surface area (Å²) in [7, 11) is 0. The van der Waals surface area contributed by atoms with Gasteiger partial charge in [-0.05, 0) is 62.2 Å². The lowest BCUT2D eigenvalue weighted by Gasteiger charge is -2.07. The first-order valence-corrected chi connectivity index (χ1v) is 5.36. The van der Waals surface area contributed by atoms with E-state index in [1.165, 1.54) is 0 Å². The number of hydrogen-bond acceptors (Lipinski definition) is 0. The van der Waals surface area contributed by atoms with Crippen LogP contribution in [-0.2, 0) is 0 Å². The van der Waals surface area contributed by atoms with Crippen molar-refractivity contribution in [2.75, 3.05) is 0 Å². The number of benzene rings is 1. The Labute approximate surface area is 93.6 Å². The van der Waals surface area contributed by atoms with Crippen LogP contribution in [0, 0.1) is 6.07 Å². The minimum absolute atomic E-state index is 1.03. The molecule has 1 radical (unpaired) electrons. The molecule has 0 amide bonds. The second kappa shape index (κ2) is 3.68. The molecule has 65 valence electrons. The fourth-order valence-corrected chi connectivity index (χ4v) is 2.54. The van der Waals surface area contributed by atoms with E-state index in [-0.39, 0.29) is 0 Å². The Hall–Kier alpha value is -0.540. The molecule has 2 aromatic rings. The molecule has 0 saturated carbocycles. The predicted molar refractivity (Wildman–Crippen MR) is 60.0 cm³/mol. The molecule has 2 rings (SSSR count). The molecule has 3 heteroatoms. The molecule has 0 aliphatic heterocycles. The van der Waals surface area contributed by atoms with Gasteiger partial charge in [-0.1, -0.05) is 0 Å². The summed E-state index contributed by atoms with van der Waals surface area (Å²) in [5.74, 6) is 0. The average molecular weight is 300 g/mol. The summed E-state index contributed by atoms with van der Waals surface area (Å²) in [6.45, 7) is 0. The van der Waals surface area contributed by atoms with Crippen LogP contribution in [0.2, 0.25) is 0 Å². The van der Waals surface area contributed by atoms with Gasteiger partial charge < -0.3 is 4.57 Å². The molecule has 1 nitrogen and oxygen atoms in total. The SMILES string of the molecule is Brc1c[c]cc(Br)c1-n1cccc1. The van der Waals surface area contributed by atoms with Crippen molar-refractivity contribution in [3.8, 4) is 5.69 Å². The van der Waals surface area contributed by atoms with Crippen LogP contribution in [0.25, 0.3) is 5.69 Å². The maximum atomic E-state index is 3.49. The normalized spacial score (nSPS) is 10.3. The summed E-state index contributed by atoms with van der Waals surface area (Å²) in [6.07, 6.45) is 4.01. The van der Waals surface area contributed by atoms with Gasteiger partial charge in [0, 0.05) is 21.3 Å². The molecule has 1 aromatic carbocycles. The van der Waals surface area contributed by atoms with E-state index in [1.807, 2.05) is 41.2 Å². The van der Waals surface area contributed by atoms with E-state index in [9.17, 15) is 0 Å². The maximum Gasteiger partial charge on any atom is 0.0736 e. The summed E-state index contributed by atoms with van der Waals surface area (Å²) in [5, 5.41) is 0. The third kappa shape index (κ3) is 1.71. The summed E-state index contributed by atoms with van der Waals surface area (Å²) in [4.78, 5) is 0. The lowest BCUT2D eigenvalue weighted by atomic mass is 10.3. The third-order valence-corrected chi connectivity index (χ3v) is 2.94. The van der Waals surface area contributed by atoms with E-state index in [2.05, 4.69) is 37.9 Å². The molecule has 0 aliphatic rings. The Kier molecular flexibility index (Phi) is 2.56. The second-order valence-electron chi connectivity index (χ2n) is 2.59. The van der Waals surface area contributed by atoms with E-state index in [0.717, 1.165) is 14.6 Å². The molecular weight excluding hydrogens is 294 g/mol. The molecule has 0 aliphatic carbocycles. The van der Waals surface area contributed by atoms with Gasteiger partial charge >= 0.3 is 0 Å². The fourth-order valence-electron chi connectivity index (χ4n) is 1.17. The molecule has 0 fully saturated rings. The second-order valence-corrected chi connectivity index (χ2v) is 4.30. The molecule has 0 atom stereocenters. The lowest BCUT2D eigenvalue weighted by Crippen LogP contribution is -1.92. The van der Waals surface area contributed by atoms with Crippen molar-refractivity contribution in [1.29, 1.82) is 0 Å². The molecule has 0 N–H and O–H groups in total. The first-order valence-electron chi connectivity index (χ1n) is 3.77. The molecule has 1 aromatic heterocycles. The summed E-state index contributed by atoms with van der Waals surface area (Å²) < 4.78 is 4.10. The topological polar surface area (TPSA) is 4.93 Å².